The molecule has 0 aliphatic heterocycles. The SMILES string of the molecule is Cc1cncn1-c1ncnc[n+]1C. The lowest BCUT2D eigenvalue weighted by molar-refractivity contribution is -0.671. The predicted molar refractivity (Wildman–Crippen MR) is 45.1 cm³/mol. The second-order valence-corrected chi connectivity index (χ2v) is 2.83. The van der Waals surface area contributed by atoms with Crippen molar-refractivity contribution >= 4 is 0 Å². The Morgan fingerprint density at radius 3 is 2.85 bits per heavy atom. The summed E-state index contributed by atoms with van der Waals surface area (Å²) in [7, 11) is 1.90. The maximum atomic E-state index is 4.16. The van der Waals surface area contributed by atoms with Gasteiger partial charge in [0.05, 0.1) is 18.9 Å². The topological polar surface area (TPSA) is 47.5 Å². The van der Waals surface area contributed by atoms with Gasteiger partial charge >= 0.3 is 5.95 Å². The lowest BCUT2D eigenvalue weighted by Gasteiger charge is -1.99. The van der Waals surface area contributed by atoms with E-state index in [1.54, 1.807) is 18.9 Å². The van der Waals surface area contributed by atoms with Crippen LogP contribution in [0.2, 0.25) is 0 Å². The molecule has 0 aromatic carbocycles. The average Bonchev–Trinajstić information content (AvgIpc) is 2.52. The van der Waals surface area contributed by atoms with Crippen molar-refractivity contribution in [1.82, 2.24) is 19.5 Å². The van der Waals surface area contributed by atoms with Gasteiger partial charge in [-0.1, -0.05) is 4.98 Å². The molecule has 0 saturated carbocycles. The van der Waals surface area contributed by atoms with Gasteiger partial charge in [0.2, 0.25) is 6.33 Å². The summed E-state index contributed by atoms with van der Waals surface area (Å²) in [6.45, 7) is 1.98. The Labute approximate surface area is 75.7 Å². The first-order valence-electron chi connectivity index (χ1n) is 3.94. The van der Waals surface area contributed by atoms with Crippen LogP contribution in [0, 0.1) is 6.92 Å². The van der Waals surface area contributed by atoms with E-state index < -0.39 is 0 Å². The predicted octanol–water partition coefficient (Wildman–Crippen LogP) is -0.205. The molecule has 5 heteroatoms. The van der Waals surface area contributed by atoms with Gasteiger partial charge < -0.3 is 0 Å². The largest absolute Gasteiger partial charge is 0.362 e. The van der Waals surface area contributed by atoms with Crippen molar-refractivity contribution in [3.8, 4) is 5.95 Å². The monoisotopic (exact) mass is 176 g/mol. The fourth-order valence-corrected chi connectivity index (χ4v) is 1.16. The van der Waals surface area contributed by atoms with Crippen molar-refractivity contribution in [2.45, 2.75) is 6.92 Å². The summed E-state index contributed by atoms with van der Waals surface area (Å²) in [5, 5.41) is 0. The molecule has 2 heterocycles. The van der Waals surface area contributed by atoms with Crippen LogP contribution in [0.25, 0.3) is 5.95 Å². The van der Waals surface area contributed by atoms with E-state index in [0.717, 1.165) is 11.6 Å². The molecule has 0 fully saturated rings. The molecule has 0 unspecified atom stereocenters. The minimum atomic E-state index is 0.810. The van der Waals surface area contributed by atoms with E-state index in [1.807, 2.05) is 23.1 Å². The molecule has 0 saturated heterocycles. The van der Waals surface area contributed by atoms with Gasteiger partial charge in [-0.3, -0.25) is 0 Å². The zero-order valence-electron chi connectivity index (χ0n) is 7.55. The molecule has 0 atom stereocenters. The summed E-state index contributed by atoms with van der Waals surface area (Å²) in [6, 6.07) is 0. The second-order valence-electron chi connectivity index (χ2n) is 2.83. The molecule has 13 heavy (non-hydrogen) atoms. The van der Waals surface area contributed by atoms with Gasteiger partial charge in [-0.15, -0.1) is 4.98 Å². The van der Waals surface area contributed by atoms with Crippen LogP contribution in [0.3, 0.4) is 0 Å². The Morgan fingerprint density at radius 2 is 2.23 bits per heavy atom. The van der Waals surface area contributed by atoms with E-state index in [4.69, 9.17) is 0 Å². The van der Waals surface area contributed by atoms with Crippen LogP contribution in [-0.2, 0) is 7.05 Å². The van der Waals surface area contributed by atoms with E-state index in [-0.39, 0.29) is 0 Å². The molecule has 0 aliphatic rings. The summed E-state index contributed by atoms with van der Waals surface area (Å²) in [4.78, 5) is 12.1. The smallest absolute Gasteiger partial charge is 0.232 e. The third-order valence-electron chi connectivity index (χ3n) is 1.83. The molecular formula is C8H10N5+. The number of nitrogens with zero attached hydrogens (tertiary/aromatic N) is 5. The summed E-state index contributed by atoms with van der Waals surface area (Å²) in [6.07, 6.45) is 6.76. The highest BCUT2D eigenvalue weighted by Gasteiger charge is 2.10. The maximum Gasteiger partial charge on any atom is 0.362 e. The molecule has 0 aliphatic carbocycles. The zero-order valence-corrected chi connectivity index (χ0v) is 7.55. The summed E-state index contributed by atoms with van der Waals surface area (Å²) in [5.41, 5.74) is 1.05. The zero-order chi connectivity index (χ0) is 9.26. The molecule has 0 radical (unpaired) electrons. The minimum absolute atomic E-state index is 0.810. The first kappa shape index (κ1) is 7.85. The van der Waals surface area contributed by atoms with Gasteiger partial charge in [0, 0.05) is 0 Å². The summed E-state index contributed by atoms with van der Waals surface area (Å²) < 4.78 is 3.75. The highest BCUT2D eigenvalue weighted by Crippen LogP contribution is 2.00. The minimum Gasteiger partial charge on any atom is -0.232 e. The van der Waals surface area contributed by atoms with Crippen LogP contribution in [-0.4, -0.2) is 19.5 Å². The van der Waals surface area contributed by atoms with E-state index >= 15 is 0 Å². The Bertz CT molecular complexity index is 420. The Morgan fingerprint density at radius 1 is 1.38 bits per heavy atom. The lowest BCUT2D eigenvalue weighted by Crippen LogP contribution is -2.35. The molecule has 0 N–H and O–H groups in total. The van der Waals surface area contributed by atoms with Gasteiger partial charge in [-0.2, -0.15) is 0 Å². The van der Waals surface area contributed by atoms with Crippen molar-refractivity contribution < 1.29 is 4.57 Å². The molecule has 0 amide bonds. The highest BCUT2D eigenvalue weighted by molar-refractivity contribution is 5.09. The van der Waals surface area contributed by atoms with Gasteiger partial charge in [0.15, 0.2) is 6.33 Å². The average molecular weight is 176 g/mol. The maximum absolute atomic E-state index is 4.16. The number of rotatable bonds is 1. The van der Waals surface area contributed by atoms with Crippen LogP contribution in [0.15, 0.2) is 25.2 Å². The highest BCUT2D eigenvalue weighted by atomic mass is 15.2. The molecule has 2 aromatic heterocycles. The van der Waals surface area contributed by atoms with Crippen LogP contribution in [0.1, 0.15) is 5.69 Å². The van der Waals surface area contributed by atoms with Gasteiger partial charge in [0.1, 0.15) is 6.33 Å². The van der Waals surface area contributed by atoms with Gasteiger partial charge in [-0.25, -0.2) is 14.1 Å². The molecule has 2 aromatic rings. The standard InChI is InChI=1S/C8H10N5/c1-7-3-9-6-13(7)8-11-4-10-5-12(8)2/h3-6H,1-2H3/q+1. The van der Waals surface area contributed by atoms with E-state index in [9.17, 15) is 0 Å². The molecule has 2 rings (SSSR count). The fraction of sp³-hybridized carbons (Fsp3) is 0.250. The second kappa shape index (κ2) is 2.93. The van der Waals surface area contributed by atoms with Gasteiger partial charge in [0.25, 0.3) is 0 Å². The molecule has 0 bridgehead atoms. The number of imidazole rings is 1. The third kappa shape index (κ3) is 1.28. The van der Waals surface area contributed by atoms with Crippen molar-refractivity contribution in [2.24, 2.45) is 7.05 Å². The van der Waals surface area contributed by atoms with Crippen LogP contribution in [0.4, 0.5) is 0 Å². The van der Waals surface area contributed by atoms with E-state index in [2.05, 4.69) is 15.0 Å². The van der Waals surface area contributed by atoms with Crippen LogP contribution in [0.5, 0.6) is 0 Å². The number of hydrogen-bond acceptors (Lipinski definition) is 3. The van der Waals surface area contributed by atoms with Gasteiger partial charge in [-0.05, 0) is 6.92 Å². The Kier molecular flexibility index (Phi) is 1.77. The molecule has 0 spiro atoms. The summed E-state index contributed by atoms with van der Waals surface area (Å²) in [5.74, 6) is 0.810. The quantitative estimate of drug-likeness (QED) is 0.565. The normalized spacial score (nSPS) is 10.3. The first-order valence-corrected chi connectivity index (χ1v) is 3.94. The third-order valence-corrected chi connectivity index (χ3v) is 1.83. The number of aryl methyl sites for hydroxylation is 2. The molecule has 66 valence electrons. The lowest BCUT2D eigenvalue weighted by atomic mass is 10.5. The molecule has 5 nitrogen and oxygen atoms in total. The number of aromatic nitrogens is 5. The van der Waals surface area contributed by atoms with Crippen molar-refractivity contribution in [2.75, 3.05) is 0 Å². The van der Waals surface area contributed by atoms with E-state index in [1.165, 1.54) is 6.33 Å². The van der Waals surface area contributed by atoms with Crippen molar-refractivity contribution in [3.05, 3.63) is 30.9 Å². The Balaban J connectivity index is 2.59. The Hall–Kier alpha value is -1.78. The first-order chi connectivity index (χ1) is 6.29. The van der Waals surface area contributed by atoms with E-state index in [0.29, 0.717) is 0 Å². The summed E-state index contributed by atoms with van der Waals surface area (Å²) >= 11 is 0. The van der Waals surface area contributed by atoms with Crippen LogP contribution >= 0.6 is 0 Å². The number of hydrogen-bond donors (Lipinski definition) is 0. The van der Waals surface area contributed by atoms with Crippen LogP contribution < -0.4 is 4.57 Å². The van der Waals surface area contributed by atoms with Crippen molar-refractivity contribution in [3.63, 3.8) is 0 Å². The fourth-order valence-electron chi connectivity index (χ4n) is 1.16. The van der Waals surface area contributed by atoms with Crippen molar-refractivity contribution in [1.29, 1.82) is 0 Å². The molecular weight excluding hydrogens is 166 g/mol.